The van der Waals surface area contributed by atoms with Gasteiger partial charge >= 0.3 is 11.9 Å². The van der Waals surface area contributed by atoms with E-state index in [1.54, 1.807) is 0 Å². The van der Waals surface area contributed by atoms with Gasteiger partial charge in [-0.1, -0.05) is 60.5 Å². The molecule has 0 aliphatic heterocycles. The van der Waals surface area contributed by atoms with Crippen molar-refractivity contribution < 1.29 is 19.1 Å². The Kier molecular flexibility index (Phi) is 15.7. The Hall–Kier alpha value is -0.140. The highest BCUT2D eigenvalue weighted by Crippen LogP contribution is 2.39. The first-order chi connectivity index (χ1) is 12.9. The molecule has 0 aliphatic rings. The molecule has 0 aromatic carbocycles. The molecular weight excluding hydrogens is 544 g/mol. The minimum absolute atomic E-state index is 0.241. The van der Waals surface area contributed by atoms with Gasteiger partial charge in [0, 0.05) is 5.33 Å². The van der Waals surface area contributed by atoms with Crippen LogP contribution in [-0.2, 0) is 19.1 Å². The van der Waals surface area contributed by atoms with E-state index in [0.717, 1.165) is 34.6 Å². The SMILES string of the molecule is C=CCCCCCCCCCC(CC(CBr)=C(Br)Br)(C(=O)OC)C(=O)OC. The number of carbonyl (C=O) groups excluding carboxylic acids is 2. The van der Waals surface area contributed by atoms with E-state index >= 15 is 0 Å². The molecule has 0 unspecified atom stereocenters. The zero-order chi connectivity index (χ0) is 20.7. The number of carbonyl (C=O) groups is 2. The quantitative estimate of drug-likeness (QED) is 0.0709. The lowest BCUT2D eigenvalue weighted by atomic mass is 9.77. The van der Waals surface area contributed by atoms with Gasteiger partial charge in [0.2, 0.25) is 0 Å². The second-order valence-electron chi connectivity index (χ2n) is 6.54. The van der Waals surface area contributed by atoms with Gasteiger partial charge < -0.3 is 9.47 Å². The number of methoxy groups -OCH3 is 2. The molecule has 0 N–H and O–H groups in total. The van der Waals surface area contributed by atoms with E-state index in [-0.39, 0.29) is 6.42 Å². The summed E-state index contributed by atoms with van der Waals surface area (Å²) in [5.41, 5.74) is -0.448. The Bertz CT molecular complexity index is 483. The molecule has 0 aliphatic carbocycles. The van der Waals surface area contributed by atoms with Crippen LogP contribution in [-0.4, -0.2) is 31.5 Å². The number of hydrogen-bond acceptors (Lipinski definition) is 4. The van der Waals surface area contributed by atoms with Crippen molar-refractivity contribution in [3.63, 3.8) is 0 Å². The zero-order valence-electron chi connectivity index (χ0n) is 16.3. The first-order valence-corrected chi connectivity index (χ1v) is 12.0. The molecule has 0 radical (unpaired) electrons. The molecule has 4 nitrogen and oxygen atoms in total. The molecular formula is C20H31Br3O4. The van der Waals surface area contributed by atoms with Crippen molar-refractivity contribution in [1.82, 2.24) is 0 Å². The predicted molar refractivity (Wildman–Crippen MR) is 122 cm³/mol. The number of allylic oxidation sites excluding steroid dienone is 2. The number of esters is 2. The van der Waals surface area contributed by atoms with Gasteiger partial charge in [0.25, 0.3) is 0 Å². The predicted octanol–water partition coefficient (Wildman–Crippen LogP) is 6.80. The molecule has 0 aromatic heterocycles. The van der Waals surface area contributed by atoms with Crippen molar-refractivity contribution in [3.05, 3.63) is 21.6 Å². The van der Waals surface area contributed by atoms with Crippen molar-refractivity contribution >= 4 is 59.7 Å². The van der Waals surface area contributed by atoms with Gasteiger partial charge in [-0.25, -0.2) is 0 Å². The first kappa shape index (κ1) is 26.9. The zero-order valence-corrected chi connectivity index (χ0v) is 21.1. The van der Waals surface area contributed by atoms with E-state index in [2.05, 4.69) is 54.4 Å². The largest absolute Gasteiger partial charge is 0.468 e. The Morgan fingerprint density at radius 1 is 0.926 bits per heavy atom. The number of halogens is 3. The summed E-state index contributed by atoms with van der Waals surface area (Å²) in [7, 11) is 2.62. The topological polar surface area (TPSA) is 52.6 Å². The summed E-state index contributed by atoms with van der Waals surface area (Å²) in [6.07, 6.45) is 11.3. The van der Waals surface area contributed by atoms with E-state index in [1.807, 2.05) is 6.08 Å². The Labute approximate surface area is 188 Å². The van der Waals surface area contributed by atoms with E-state index < -0.39 is 17.4 Å². The number of unbranched alkanes of at least 4 members (excludes halogenated alkanes) is 7. The van der Waals surface area contributed by atoms with Gasteiger partial charge in [0.05, 0.1) is 17.6 Å². The monoisotopic (exact) mass is 572 g/mol. The summed E-state index contributed by atoms with van der Waals surface area (Å²) >= 11 is 10.2. The Morgan fingerprint density at radius 2 is 1.41 bits per heavy atom. The molecule has 0 heterocycles. The maximum atomic E-state index is 12.6. The molecule has 27 heavy (non-hydrogen) atoms. The highest BCUT2D eigenvalue weighted by atomic mass is 79.9. The third kappa shape index (κ3) is 9.75. The van der Waals surface area contributed by atoms with Crippen LogP contribution in [0.3, 0.4) is 0 Å². The highest BCUT2D eigenvalue weighted by Gasteiger charge is 2.48. The molecule has 0 rings (SSSR count). The molecule has 0 amide bonds. The van der Waals surface area contributed by atoms with Crippen LogP contribution in [0, 0.1) is 5.41 Å². The minimum Gasteiger partial charge on any atom is -0.468 e. The van der Waals surface area contributed by atoms with Crippen LogP contribution in [0.4, 0.5) is 0 Å². The van der Waals surface area contributed by atoms with Gasteiger partial charge in [-0.2, -0.15) is 0 Å². The van der Waals surface area contributed by atoms with Crippen molar-refractivity contribution in [2.45, 2.75) is 64.2 Å². The van der Waals surface area contributed by atoms with Gasteiger partial charge in [-0.3, -0.25) is 9.59 Å². The molecule has 0 bridgehead atoms. The maximum Gasteiger partial charge on any atom is 0.323 e. The molecule has 0 atom stereocenters. The van der Waals surface area contributed by atoms with Crippen LogP contribution >= 0.6 is 47.8 Å². The molecule has 7 heteroatoms. The van der Waals surface area contributed by atoms with E-state index in [0.29, 0.717) is 11.8 Å². The van der Waals surface area contributed by atoms with Crippen molar-refractivity contribution in [2.75, 3.05) is 19.5 Å². The second-order valence-corrected chi connectivity index (χ2v) is 9.75. The van der Waals surface area contributed by atoms with E-state index in [1.165, 1.54) is 39.9 Å². The summed E-state index contributed by atoms with van der Waals surface area (Å²) in [5, 5.41) is 0.527. The average Bonchev–Trinajstić information content (AvgIpc) is 2.67. The van der Waals surface area contributed by atoms with Crippen molar-refractivity contribution in [2.24, 2.45) is 5.41 Å². The lowest BCUT2D eigenvalue weighted by molar-refractivity contribution is -0.169. The van der Waals surface area contributed by atoms with E-state index in [9.17, 15) is 9.59 Å². The average molecular weight is 575 g/mol. The lowest BCUT2D eigenvalue weighted by Gasteiger charge is -2.29. The van der Waals surface area contributed by atoms with Gasteiger partial charge in [-0.05, 0) is 63.1 Å². The maximum absolute atomic E-state index is 12.6. The third-order valence-electron chi connectivity index (χ3n) is 4.61. The molecule has 156 valence electrons. The van der Waals surface area contributed by atoms with E-state index in [4.69, 9.17) is 9.47 Å². The fourth-order valence-electron chi connectivity index (χ4n) is 3.04. The molecule has 0 spiro atoms. The summed E-state index contributed by atoms with van der Waals surface area (Å²) in [4.78, 5) is 25.2. The molecule has 0 saturated carbocycles. The van der Waals surface area contributed by atoms with Crippen molar-refractivity contribution in [1.29, 1.82) is 0 Å². The molecule has 0 fully saturated rings. The first-order valence-electron chi connectivity index (χ1n) is 9.26. The van der Waals surface area contributed by atoms with Gasteiger partial charge in [0.1, 0.15) is 0 Å². The van der Waals surface area contributed by atoms with Gasteiger partial charge in [0.15, 0.2) is 5.41 Å². The summed E-state index contributed by atoms with van der Waals surface area (Å²) in [6.45, 7) is 3.73. The second kappa shape index (κ2) is 15.7. The normalized spacial score (nSPS) is 11.0. The Balaban J connectivity index is 4.90. The fraction of sp³-hybridized carbons (Fsp3) is 0.700. The van der Waals surface area contributed by atoms with Crippen LogP contribution in [0.15, 0.2) is 21.6 Å². The van der Waals surface area contributed by atoms with Crippen LogP contribution in [0.2, 0.25) is 0 Å². The highest BCUT2D eigenvalue weighted by molar-refractivity contribution is 9.28. The minimum atomic E-state index is -1.32. The summed E-state index contributed by atoms with van der Waals surface area (Å²) in [5.74, 6) is -1.09. The number of ether oxygens (including phenoxy) is 2. The van der Waals surface area contributed by atoms with Crippen LogP contribution < -0.4 is 0 Å². The smallest absolute Gasteiger partial charge is 0.323 e. The van der Waals surface area contributed by atoms with Crippen LogP contribution in [0.25, 0.3) is 0 Å². The Morgan fingerprint density at radius 3 is 1.81 bits per heavy atom. The number of hydrogen-bond donors (Lipinski definition) is 0. The van der Waals surface area contributed by atoms with Crippen LogP contribution in [0.5, 0.6) is 0 Å². The van der Waals surface area contributed by atoms with Crippen molar-refractivity contribution in [3.8, 4) is 0 Å². The number of alkyl halides is 1. The fourth-order valence-corrected chi connectivity index (χ4v) is 4.83. The molecule has 0 saturated heterocycles. The lowest BCUT2D eigenvalue weighted by Crippen LogP contribution is -2.42. The summed E-state index contributed by atoms with van der Waals surface area (Å²) < 4.78 is 10.7. The van der Waals surface area contributed by atoms with Crippen LogP contribution in [0.1, 0.15) is 64.2 Å². The number of rotatable bonds is 15. The standard InChI is InChI=1S/C20H31Br3O4/c1-4-5-6-7-8-9-10-11-12-13-20(18(24)26-2,19(25)27-3)14-16(15-21)17(22)23/h4H,1,5-15H2,2-3H3. The van der Waals surface area contributed by atoms with Gasteiger partial charge in [-0.15, -0.1) is 6.58 Å². The molecule has 0 aromatic rings. The third-order valence-corrected chi connectivity index (χ3v) is 6.41. The summed E-state index contributed by atoms with van der Waals surface area (Å²) in [6, 6.07) is 0.